The Hall–Kier alpha value is -0.280. The average molecular weight is 221 g/mol. The molecule has 0 radical (unpaired) electrons. The SMILES string of the molecule is Nc1cnc(Br)c(CCl)c1. The molecule has 0 aliphatic carbocycles. The van der Waals surface area contributed by atoms with Gasteiger partial charge in [0.1, 0.15) is 4.60 Å². The van der Waals surface area contributed by atoms with Crippen molar-refractivity contribution in [3.63, 3.8) is 0 Å². The number of hydrogen-bond acceptors (Lipinski definition) is 2. The van der Waals surface area contributed by atoms with Crippen molar-refractivity contribution in [2.75, 3.05) is 5.73 Å². The van der Waals surface area contributed by atoms with E-state index in [0.29, 0.717) is 11.6 Å². The number of nitrogens with two attached hydrogens (primary N) is 1. The number of pyridine rings is 1. The molecule has 0 fully saturated rings. The zero-order valence-electron chi connectivity index (χ0n) is 5.14. The fraction of sp³-hybridized carbons (Fsp3) is 0.167. The Bertz CT molecular complexity index is 239. The van der Waals surface area contributed by atoms with Gasteiger partial charge < -0.3 is 5.73 Å². The fourth-order valence-corrected chi connectivity index (χ4v) is 1.33. The first-order valence-electron chi connectivity index (χ1n) is 2.70. The largest absolute Gasteiger partial charge is 0.397 e. The molecule has 0 bridgehead atoms. The molecule has 1 heterocycles. The third kappa shape index (κ3) is 1.61. The van der Waals surface area contributed by atoms with Gasteiger partial charge in [0, 0.05) is 5.56 Å². The van der Waals surface area contributed by atoms with Crippen molar-refractivity contribution in [2.24, 2.45) is 0 Å². The highest BCUT2D eigenvalue weighted by atomic mass is 79.9. The Balaban J connectivity index is 3.09. The summed E-state index contributed by atoms with van der Waals surface area (Å²) in [6.45, 7) is 0. The number of anilines is 1. The van der Waals surface area contributed by atoms with E-state index >= 15 is 0 Å². The number of alkyl halides is 1. The van der Waals surface area contributed by atoms with Crippen LogP contribution in [0.5, 0.6) is 0 Å². The van der Waals surface area contributed by atoms with E-state index in [9.17, 15) is 0 Å². The number of hydrogen-bond donors (Lipinski definition) is 1. The summed E-state index contributed by atoms with van der Waals surface area (Å²) in [5, 5.41) is 0. The van der Waals surface area contributed by atoms with E-state index < -0.39 is 0 Å². The lowest BCUT2D eigenvalue weighted by atomic mass is 10.3. The molecular formula is C6H6BrClN2. The number of nitrogen functional groups attached to an aromatic ring is 1. The van der Waals surface area contributed by atoms with Crippen molar-refractivity contribution in [3.8, 4) is 0 Å². The predicted molar refractivity (Wildman–Crippen MR) is 45.9 cm³/mol. The van der Waals surface area contributed by atoms with Gasteiger partial charge in [-0.05, 0) is 22.0 Å². The first-order chi connectivity index (χ1) is 4.74. The molecule has 0 spiro atoms. The molecule has 10 heavy (non-hydrogen) atoms. The van der Waals surface area contributed by atoms with Gasteiger partial charge in [0.05, 0.1) is 17.8 Å². The van der Waals surface area contributed by atoms with Gasteiger partial charge in [-0.15, -0.1) is 11.6 Å². The summed E-state index contributed by atoms with van der Waals surface area (Å²) in [6, 6.07) is 1.80. The number of aromatic nitrogens is 1. The van der Waals surface area contributed by atoms with Gasteiger partial charge in [-0.25, -0.2) is 4.98 Å². The molecule has 2 nitrogen and oxygen atoms in total. The van der Waals surface area contributed by atoms with E-state index in [1.165, 1.54) is 0 Å². The lowest BCUT2D eigenvalue weighted by Gasteiger charge is -1.98. The van der Waals surface area contributed by atoms with Crippen LogP contribution < -0.4 is 5.73 Å². The van der Waals surface area contributed by atoms with Crippen LogP contribution in [0.2, 0.25) is 0 Å². The molecule has 0 saturated heterocycles. The summed E-state index contributed by atoms with van der Waals surface area (Å²) in [5.41, 5.74) is 7.02. The summed E-state index contributed by atoms with van der Waals surface area (Å²) >= 11 is 8.82. The van der Waals surface area contributed by atoms with Gasteiger partial charge in [-0.3, -0.25) is 0 Å². The molecule has 2 N–H and O–H groups in total. The van der Waals surface area contributed by atoms with Gasteiger partial charge >= 0.3 is 0 Å². The number of halogens is 2. The van der Waals surface area contributed by atoms with Crippen LogP contribution in [0.1, 0.15) is 5.56 Å². The highest BCUT2D eigenvalue weighted by Crippen LogP contribution is 2.17. The summed E-state index contributed by atoms with van der Waals surface area (Å²) in [4.78, 5) is 3.96. The normalized spacial score (nSPS) is 9.80. The smallest absolute Gasteiger partial charge is 0.110 e. The summed E-state index contributed by atoms with van der Waals surface area (Å²) in [6.07, 6.45) is 1.58. The van der Waals surface area contributed by atoms with E-state index in [-0.39, 0.29) is 0 Å². The van der Waals surface area contributed by atoms with Crippen LogP contribution in [0.25, 0.3) is 0 Å². The zero-order chi connectivity index (χ0) is 7.56. The minimum absolute atomic E-state index is 0.429. The number of nitrogens with zero attached hydrogens (tertiary/aromatic N) is 1. The molecule has 0 saturated carbocycles. The lowest BCUT2D eigenvalue weighted by molar-refractivity contribution is 1.20. The van der Waals surface area contributed by atoms with E-state index in [1.54, 1.807) is 12.3 Å². The lowest BCUT2D eigenvalue weighted by Crippen LogP contribution is -1.90. The second-order valence-electron chi connectivity index (χ2n) is 1.85. The monoisotopic (exact) mass is 220 g/mol. The molecule has 4 heteroatoms. The van der Waals surface area contributed by atoms with E-state index in [4.69, 9.17) is 17.3 Å². The standard InChI is InChI=1S/C6H6BrClN2/c7-6-4(2-8)1-5(9)3-10-6/h1,3H,2,9H2. The molecule has 0 aromatic carbocycles. The molecule has 0 unspecified atom stereocenters. The van der Waals surface area contributed by atoms with Crippen molar-refractivity contribution < 1.29 is 0 Å². The molecule has 1 aromatic rings. The van der Waals surface area contributed by atoms with Crippen molar-refractivity contribution in [3.05, 3.63) is 22.4 Å². The predicted octanol–water partition coefficient (Wildman–Crippen LogP) is 2.17. The van der Waals surface area contributed by atoms with Crippen molar-refractivity contribution in [2.45, 2.75) is 5.88 Å². The molecule has 1 aromatic heterocycles. The Labute approximate surface area is 72.5 Å². The van der Waals surface area contributed by atoms with Crippen molar-refractivity contribution >= 4 is 33.2 Å². The summed E-state index contributed by atoms with van der Waals surface area (Å²) < 4.78 is 0.761. The highest BCUT2D eigenvalue weighted by molar-refractivity contribution is 9.10. The van der Waals surface area contributed by atoms with Crippen LogP contribution in [-0.2, 0) is 5.88 Å². The number of rotatable bonds is 1. The second-order valence-corrected chi connectivity index (χ2v) is 2.87. The molecular weight excluding hydrogens is 215 g/mol. The maximum absolute atomic E-state index is 5.58. The fourth-order valence-electron chi connectivity index (χ4n) is 0.606. The zero-order valence-corrected chi connectivity index (χ0v) is 7.48. The van der Waals surface area contributed by atoms with E-state index in [1.807, 2.05) is 0 Å². The topological polar surface area (TPSA) is 38.9 Å². The Morgan fingerprint density at radius 1 is 1.70 bits per heavy atom. The van der Waals surface area contributed by atoms with E-state index in [0.717, 1.165) is 10.2 Å². The average Bonchev–Trinajstić information content (AvgIpc) is 1.94. The minimum atomic E-state index is 0.429. The highest BCUT2D eigenvalue weighted by Gasteiger charge is 1.98. The molecule has 54 valence electrons. The van der Waals surface area contributed by atoms with Crippen molar-refractivity contribution in [1.29, 1.82) is 0 Å². The van der Waals surface area contributed by atoms with E-state index in [2.05, 4.69) is 20.9 Å². The first-order valence-corrected chi connectivity index (χ1v) is 4.02. The Morgan fingerprint density at radius 3 is 2.90 bits per heavy atom. The van der Waals surface area contributed by atoms with Gasteiger partial charge in [-0.1, -0.05) is 0 Å². The van der Waals surface area contributed by atoms with Gasteiger partial charge in [-0.2, -0.15) is 0 Å². The third-order valence-electron chi connectivity index (χ3n) is 1.08. The van der Waals surface area contributed by atoms with Gasteiger partial charge in [0.25, 0.3) is 0 Å². The molecule has 1 rings (SSSR count). The summed E-state index contributed by atoms with van der Waals surface area (Å²) in [7, 11) is 0. The van der Waals surface area contributed by atoms with Crippen LogP contribution in [0, 0.1) is 0 Å². The van der Waals surface area contributed by atoms with Crippen LogP contribution in [0.15, 0.2) is 16.9 Å². The third-order valence-corrected chi connectivity index (χ3v) is 2.08. The molecule has 0 aliphatic heterocycles. The molecule has 0 aliphatic rings. The maximum Gasteiger partial charge on any atom is 0.110 e. The Morgan fingerprint density at radius 2 is 2.40 bits per heavy atom. The van der Waals surface area contributed by atoms with Crippen LogP contribution in [-0.4, -0.2) is 4.98 Å². The first kappa shape index (κ1) is 7.82. The quantitative estimate of drug-likeness (QED) is 0.583. The van der Waals surface area contributed by atoms with Crippen LogP contribution in [0.3, 0.4) is 0 Å². The molecule has 0 amide bonds. The van der Waals surface area contributed by atoms with Crippen LogP contribution >= 0.6 is 27.5 Å². The van der Waals surface area contributed by atoms with Crippen molar-refractivity contribution in [1.82, 2.24) is 4.98 Å². The van der Waals surface area contributed by atoms with Gasteiger partial charge in [0.2, 0.25) is 0 Å². The van der Waals surface area contributed by atoms with Gasteiger partial charge in [0.15, 0.2) is 0 Å². The molecule has 0 atom stereocenters. The maximum atomic E-state index is 5.58. The second kappa shape index (κ2) is 3.21. The van der Waals surface area contributed by atoms with Crippen LogP contribution in [0.4, 0.5) is 5.69 Å². The minimum Gasteiger partial charge on any atom is -0.397 e. The Kier molecular flexibility index (Phi) is 2.51. The summed E-state index contributed by atoms with van der Waals surface area (Å²) in [5.74, 6) is 0.429.